The van der Waals surface area contributed by atoms with Gasteiger partial charge in [-0.2, -0.15) is 0 Å². The molecule has 7 heteroatoms. The first-order chi connectivity index (χ1) is 12.6. The van der Waals surface area contributed by atoms with E-state index in [1.54, 1.807) is 16.7 Å². The van der Waals surface area contributed by atoms with Gasteiger partial charge in [-0.3, -0.25) is 19.8 Å². The molecule has 128 valence electrons. The number of benzene rings is 2. The Bertz CT molecular complexity index is 996. The van der Waals surface area contributed by atoms with Crippen molar-refractivity contribution in [1.29, 1.82) is 0 Å². The van der Waals surface area contributed by atoms with E-state index in [1.165, 1.54) is 24.3 Å². The van der Waals surface area contributed by atoms with E-state index in [-0.39, 0.29) is 17.6 Å². The number of carbonyl (C=O) groups excluding carboxylic acids is 1. The van der Waals surface area contributed by atoms with E-state index in [4.69, 9.17) is 4.42 Å². The molecule has 26 heavy (non-hydrogen) atoms. The first-order valence-corrected chi connectivity index (χ1v) is 8.57. The van der Waals surface area contributed by atoms with E-state index in [9.17, 15) is 14.9 Å². The quantitative estimate of drug-likeness (QED) is 0.370. The molecule has 0 saturated heterocycles. The van der Waals surface area contributed by atoms with E-state index in [1.807, 2.05) is 48.5 Å². The van der Waals surface area contributed by atoms with Gasteiger partial charge in [0.25, 0.3) is 5.91 Å². The summed E-state index contributed by atoms with van der Waals surface area (Å²) in [5.41, 5.74) is 1.60. The van der Waals surface area contributed by atoms with Crippen LogP contribution in [0, 0.1) is 10.1 Å². The van der Waals surface area contributed by atoms with Crippen LogP contribution >= 0.6 is 11.8 Å². The minimum Gasteiger partial charge on any atom is -0.401 e. The van der Waals surface area contributed by atoms with E-state index in [0.717, 1.165) is 21.2 Å². The lowest BCUT2D eigenvalue weighted by molar-refractivity contribution is -0.402. The monoisotopic (exact) mass is 364 g/mol. The molecule has 0 bridgehead atoms. The van der Waals surface area contributed by atoms with Crippen molar-refractivity contribution in [2.75, 3.05) is 4.90 Å². The maximum atomic E-state index is 12.9. The van der Waals surface area contributed by atoms with Crippen molar-refractivity contribution in [3.8, 4) is 0 Å². The van der Waals surface area contributed by atoms with Crippen LogP contribution in [0.5, 0.6) is 0 Å². The summed E-state index contributed by atoms with van der Waals surface area (Å²) in [4.78, 5) is 26.6. The number of fused-ring (bicyclic) bond motifs is 2. The lowest BCUT2D eigenvalue weighted by Gasteiger charge is -2.30. The Labute approximate surface area is 152 Å². The number of furan rings is 1. The average molecular weight is 364 g/mol. The van der Waals surface area contributed by atoms with Crippen LogP contribution in [0.2, 0.25) is 0 Å². The Morgan fingerprint density at radius 1 is 1.00 bits per heavy atom. The third kappa shape index (κ3) is 2.89. The Hall–Kier alpha value is -3.32. The van der Waals surface area contributed by atoms with Gasteiger partial charge in [0, 0.05) is 15.9 Å². The zero-order valence-electron chi connectivity index (χ0n) is 13.4. The van der Waals surface area contributed by atoms with E-state index < -0.39 is 4.92 Å². The molecule has 0 spiro atoms. The number of carbonyl (C=O) groups is 1. The van der Waals surface area contributed by atoms with Crippen molar-refractivity contribution >= 4 is 41.0 Å². The molecule has 1 aliphatic heterocycles. The highest BCUT2D eigenvalue weighted by molar-refractivity contribution is 7.99. The van der Waals surface area contributed by atoms with Crippen LogP contribution in [0.15, 0.2) is 80.9 Å². The third-order valence-corrected chi connectivity index (χ3v) is 4.97. The molecular weight excluding hydrogens is 352 g/mol. The Kier molecular flexibility index (Phi) is 4.06. The second-order valence-electron chi connectivity index (χ2n) is 5.48. The van der Waals surface area contributed by atoms with E-state index in [2.05, 4.69) is 0 Å². The van der Waals surface area contributed by atoms with Gasteiger partial charge in [-0.15, -0.1) is 0 Å². The number of anilines is 2. The van der Waals surface area contributed by atoms with Crippen LogP contribution in [-0.4, -0.2) is 10.8 Å². The molecule has 0 aliphatic carbocycles. The van der Waals surface area contributed by atoms with Gasteiger partial charge >= 0.3 is 5.88 Å². The van der Waals surface area contributed by atoms with Crippen molar-refractivity contribution in [2.24, 2.45) is 0 Å². The first-order valence-electron chi connectivity index (χ1n) is 7.76. The predicted molar refractivity (Wildman–Crippen MR) is 98.5 cm³/mol. The average Bonchev–Trinajstić information content (AvgIpc) is 3.13. The van der Waals surface area contributed by atoms with Crippen LogP contribution in [-0.2, 0) is 4.79 Å². The normalized spacial score (nSPS) is 12.7. The zero-order chi connectivity index (χ0) is 18.1. The molecule has 0 atom stereocenters. The number of nitrogens with zero attached hydrogens (tertiary/aromatic N) is 2. The maximum Gasteiger partial charge on any atom is 0.433 e. The molecule has 0 fully saturated rings. The highest BCUT2D eigenvalue weighted by atomic mass is 32.2. The second kappa shape index (κ2) is 6.53. The molecule has 0 saturated carbocycles. The highest BCUT2D eigenvalue weighted by Gasteiger charge is 2.26. The number of amides is 1. The lowest BCUT2D eigenvalue weighted by Crippen LogP contribution is -2.26. The van der Waals surface area contributed by atoms with Gasteiger partial charge < -0.3 is 4.42 Å². The molecule has 2 aromatic carbocycles. The van der Waals surface area contributed by atoms with Gasteiger partial charge in [-0.05, 0) is 36.4 Å². The fourth-order valence-electron chi connectivity index (χ4n) is 2.70. The zero-order valence-corrected chi connectivity index (χ0v) is 14.2. The van der Waals surface area contributed by atoms with Gasteiger partial charge in [0.2, 0.25) is 0 Å². The van der Waals surface area contributed by atoms with Crippen molar-refractivity contribution < 1.29 is 14.1 Å². The Morgan fingerprint density at radius 2 is 1.62 bits per heavy atom. The Balaban J connectivity index is 1.69. The SMILES string of the molecule is O=C(/C=C/c1ccc([N+](=O)[O-])o1)N1c2ccccc2Sc2ccccc21. The fraction of sp³-hybridized carbons (Fsp3) is 0. The molecule has 0 unspecified atom stereocenters. The maximum absolute atomic E-state index is 12.9. The van der Waals surface area contributed by atoms with Gasteiger partial charge in [-0.25, -0.2) is 0 Å². The summed E-state index contributed by atoms with van der Waals surface area (Å²) in [6.07, 6.45) is 2.79. The molecule has 2 heterocycles. The standard InChI is InChI=1S/C19H12N2O4S/c22-18(11-9-13-10-12-19(25-13)21(23)24)20-14-5-1-3-7-16(14)26-17-8-4-2-6-15(17)20/h1-12H/b11-9+. The molecular formula is C19H12N2O4S. The molecule has 0 radical (unpaired) electrons. The number of hydrogen-bond acceptors (Lipinski definition) is 5. The molecule has 1 aliphatic rings. The van der Waals surface area contributed by atoms with Crippen molar-refractivity contribution in [3.63, 3.8) is 0 Å². The topological polar surface area (TPSA) is 76.6 Å². The summed E-state index contributed by atoms with van der Waals surface area (Å²) in [6, 6.07) is 18.1. The van der Waals surface area contributed by atoms with Crippen molar-refractivity contribution in [2.45, 2.75) is 9.79 Å². The molecule has 0 N–H and O–H groups in total. The molecule has 4 rings (SSSR count). The van der Waals surface area contributed by atoms with Gasteiger partial charge in [0.05, 0.1) is 17.4 Å². The lowest BCUT2D eigenvalue weighted by atomic mass is 10.2. The molecule has 1 aromatic heterocycles. The fourth-order valence-corrected chi connectivity index (χ4v) is 3.76. The number of para-hydroxylation sites is 2. The van der Waals surface area contributed by atoms with E-state index >= 15 is 0 Å². The molecule has 3 aromatic rings. The summed E-state index contributed by atoms with van der Waals surface area (Å²) in [5.74, 6) is -0.371. The van der Waals surface area contributed by atoms with Crippen molar-refractivity contribution in [3.05, 3.63) is 82.6 Å². The third-order valence-electron chi connectivity index (χ3n) is 3.84. The van der Waals surface area contributed by atoms with Crippen LogP contribution in [0.25, 0.3) is 6.08 Å². The minimum absolute atomic E-state index is 0.248. The predicted octanol–water partition coefficient (Wildman–Crippen LogP) is 5.03. The van der Waals surface area contributed by atoms with E-state index in [0.29, 0.717) is 0 Å². The first kappa shape index (κ1) is 16.2. The van der Waals surface area contributed by atoms with Gasteiger partial charge in [0.1, 0.15) is 10.7 Å². The number of nitro groups is 1. The smallest absolute Gasteiger partial charge is 0.401 e. The summed E-state index contributed by atoms with van der Waals surface area (Å²) in [5, 5.41) is 10.7. The van der Waals surface area contributed by atoms with Crippen LogP contribution < -0.4 is 4.90 Å². The summed E-state index contributed by atoms with van der Waals surface area (Å²) in [6.45, 7) is 0. The summed E-state index contributed by atoms with van der Waals surface area (Å²) in [7, 11) is 0. The van der Waals surface area contributed by atoms with Crippen LogP contribution in [0.1, 0.15) is 5.76 Å². The number of hydrogen-bond donors (Lipinski definition) is 0. The highest BCUT2D eigenvalue weighted by Crippen LogP contribution is 2.47. The largest absolute Gasteiger partial charge is 0.433 e. The number of rotatable bonds is 3. The molecule has 1 amide bonds. The van der Waals surface area contributed by atoms with Crippen LogP contribution in [0.3, 0.4) is 0 Å². The van der Waals surface area contributed by atoms with Crippen molar-refractivity contribution in [1.82, 2.24) is 0 Å². The summed E-state index contributed by atoms with van der Waals surface area (Å²) >= 11 is 1.61. The van der Waals surface area contributed by atoms with Gasteiger partial charge in [0.15, 0.2) is 0 Å². The second-order valence-corrected chi connectivity index (χ2v) is 6.56. The molecule has 6 nitrogen and oxygen atoms in total. The van der Waals surface area contributed by atoms with Crippen LogP contribution in [0.4, 0.5) is 17.3 Å². The Morgan fingerprint density at radius 3 is 2.19 bits per heavy atom. The van der Waals surface area contributed by atoms with Gasteiger partial charge in [-0.1, -0.05) is 36.0 Å². The summed E-state index contributed by atoms with van der Waals surface area (Å²) < 4.78 is 5.06. The minimum atomic E-state index is -0.618.